The van der Waals surface area contributed by atoms with Crippen molar-refractivity contribution in [1.29, 1.82) is 0 Å². The molecule has 0 atom stereocenters. The summed E-state index contributed by atoms with van der Waals surface area (Å²) in [6.07, 6.45) is 17.1. The van der Waals surface area contributed by atoms with E-state index < -0.39 is 5.82 Å². The Morgan fingerprint density at radius 1 is 0.794 bits per heavy atom. The molecule has 0 saturated carbocycles. The molecule has 0 bridgehead atoms. The number of unbranched alkanes of at least 4 members (excludes halogenated alkanes) is 12. The molecule has 0 aromatic heterocycles. The van der Waals surface area contributed by atoms with Crippen molar-refractivity contribution in [3.05, 3.63) is 47.8 Å². The van der Waals surface area contributed by atoms with Crippen LogP contribution in [-0.2, 0) is 0 Å². The number of ether oxygens (including phenoxy) is 1. The molecule has 0 fully saturated rings. The zero-order valence-electron chi connectivity index (χ0n) is 21.0. The number of halogens is 1. The van der Waals surface area contributed by atoms with Crippen molar-refractivity contribution in [3.63, 3.8) is 0 Å². The molecule has 2 rings (SSSR count). The summed E-state index contributed by atoms with van der Waals surface area (Å²) in [7, 11) is 1.43. The molecular weight excluding hydrogens is 429 g/mol. The van der Waals surface area contributed by atoms with Gasteiger partial charge in [-0.05, 0) is 48.2 Å². The van der Waals surface area contributed by atoms with Gasteiger partial charge in [-0.15, -0.1) is 0 Å². The molecule has 5 heteroatoms. The van der Waals surface area contributed by atoms with E-state index in [0.29, 0.717) is 23.3 Å². The maximum atomic E-state index is 14.1. The number of methoxy groups -OCH3 is 1. The lowest BCUT2D eigenvalue weighted by Gasteiger charge is -2.11. The summed E-state index contributed by atoms with van der Waals surface area (Å²) < 4.78 is 19.1. The Morgan fingerprint density at radius 2 is 1.32 bits per heavy atom. The second kappa shape index (κ2) is 16.1. The molecule has 0 amide bonds. The molecule has 4 nitrogen and oxygen atoms in total. The number of rotatable bonds is 17. The van der Waals surface area contributed by atoms with Gasteiger partial charge < -0.3 is 15.1 Å². The molecule has 0 radical (unpaired) electrons. The molecule has 188 valence electrons. The van der Waals surface area contributed by atoms with Gasteiger partial charge in [0.25, 0.3) is 0 Å². The van der Waals surface area contributed by atoms with Crippen LogP contribution >= 0.6 is 0 Å². The molecule has 0 spiro atoms. The monoisotopic (exact) mass is 471 g/mol. The average Bonchev–Trinajstić information content (AvgIpc) is 2.85. The first-order valence-corrected chi connectivity index (χ1v) is 13.0. The van der Waals surface area contributed by atoms with Crippen LogP contribution in [-0.4, -0.2) is 23.1 Å². The highest BCUT2D eigenvalue weighted by atomic mass is 19.1. The Morgan fingerprint density at radius 3 is 1.85 bits per heavy atom. The first-order valence-electron chi connectivity index (χ1n) is 13.0. The number of hydrogen-bond acceptors (Lipinski definition) is 4. The summed E-state index contributed by atoms with van der Waals surface area (Å²) in [5.74, 6) is -0.208. The van der Waals surface area contributed by atoms with Gasteiger partial charge in [-0.2, -0.15) is 0 Å². The van der Waals surface area contributed by atoms with Crippen LogP contribution in [0.15, 0.2) is 41.6 Å². The average molecular weight is 472 g/mol. The molecule has 0 aliphatic heterocycles. The third kappa shape index (κ3) is 9.36. The van der Waals surface area contributed by atoms with Gasteiger partial charge in [0.05, 0.1) is 12.8 Å². The third-order valence-electron chi connectivity index (χ3n) is 6.43. The van der Waals surface area contributed by atoms with Crippen LogP contribution < -0.4 is 4.74 Å². The number of oxime groups is 1. The predicted molar refractivity (Wildman–Crippen MR) is 139 cm³/mol. The van der Waals surface area contributed by atoms with Crippen LogP contribution in [0.4, 0.5) is 4.39 Å². The highest BCUT2D eigenvalue weighted by molar-refractivity contribution is 6.03. The standard InChI is InChI=1S/C29H42FNO3/c1-3-4-5-6-7-8-9-10-11-12-13-14-15-16-27(31-33)25-21-23(17-19-28(25)32)24-18-20-29(34-2)26(30)22-24/h17-22,32-33H,3-16H2,1-2H3/b31-27+. The molecule has 0 heterocycles. The van der Waals surface area contributed by atoms with Crippen LogP contribution in [0.3, 0.4) is 0 Å². The smallest absolute Gasteiger partial charge is 0.165 e. The second-order valence-corrected chi connectivity index (χ2v) is 9.12. The lowest BCUT2D eigenvalue weighted by molar-refractivity contribution is 0.317. The number of phenols is 1. The fourth-order valence-corrected chi connectivity index (χ4v) is 4.34. The summed E-state index contributed by atoms with van der Waals surface area (Å²) >= 11 is 0. The fourth-order valence-electron chi connectivity index (χ4n) is 4.34. The Balaban J connectivity index is 1.74. The number of benzene rings is 2. The highest BCUT2D eigenvalue weighted by Gasteiger charge is 2.13. The minimum atomic E-state index is -0.447. The lowest BCUT2D eigenvalue weighted by atomic mass is 9.97. The minimum absolute atomic E-state index is 0.0558. The number of hydrogen-bond donors (Lipinski definition) is 2. The van der Waals surface area contributed by atoms with E-state index in [9.17, 15) is 14.7 Å². The van der Waals surface area contributed by atoms with Crippen molar-refractivity contribution in [2.24, 2.45) is 5.16 Å². The number of nitrogens with zero attached hydrogens (tertiary/aromatic N) is 1. The summed E-state index contributed by atoms with van der Waals surface area (Å²) in [5, 5.41) is 23.4. The lowest BCUT2D eigenvalue weighted by Crippen LogP contribution is -2.02. The molecule has 2 aromatic carbocycles. The molecule has 0 aliphatic carbocycles. The van der Waals surface area contributed by atoms with E-state index in [1.54, 1.807) is 30.3 Å². The molecule has 0 saturated heterocycles. The SMILES string of the molecule is CCCCCCCCCCCCCCC/C(=N\O)c1cc(-c2ccc(OC)c(F)c2)ccc1O. The fraction of sp³-hybridized carbons (Fsp3) is 0.552. The van der Waals surface area contributed by atoms with Crippen molar-refractivity contribution in [1.82, 2.24) is 0 Å². The van der Waals surface area contributed by atoms with Crippen molar-refractivity contribution in [2.75, 3.05) is 7.11 Å². The molecule has 34 heavy (non-hydrogen) atoms. The molecule has 0 aliphatic rings. The summed E-state index contributed by atoms with van der Waals surface area (Å²) in [5.41, 5.74) is 2.34. The van der Waals surface area contributed by atoms with Crippen LogP contribution in [0, 0.1) is 5.82 Å². The summed E-state index contributed by atoms with van der Waals surface area (Å²) in [6, 6.07) is 9.76. The van der Waals surface area contributed by atoms with Gasteiger partial charge in [-0.3, -0.25) is 0 Å². The molecule has 2 N–H and O–H groups in total. The highest BCUT2D eigenvalue weighted by Crippen LogP contribution is 2.30. The third-order valence-corrected chi connectivity index (χ3v) is 6.43. The summed E-state index contributed by atoms with van der Waals surface area (Å²) in [4.78, 5) is 0. The minimum Gasteiger partial charge on any atom is -0.507 e. The van der Waals surface area contributed by atoms with Gasteiger partial charge in [0.2, 0.25) is 0 Å². The van der Waals surface area contributed by atoms with E-state index in [0.717, 1.165) is 18.4 Å². The van der Waals surface area contributed by atoms with Crippen molar-refractivity contribution < 1.29 is 19.4 Å². The Labute approximate surface area is 204 Å². The van der Waals surface area contributed by atoms with Gasteiger partial charge in [-0.25, -0.2) is 4.39 Å². The van der Waals surface area contributed by atoms with E-state index in [1.165, 1.54) is 83.8 Å². The van der Waals surface area contributed by atoms with Crippen molar-refractivity contribution >= 4 is 5.71 Å². The van der Waals surface area contributed by atoms with E-state index in [-0.39, 0.29) is 11.5 Å². The van der Waals surface area contributed by atoms with Crippen LogP contribution in [0.1, 0.15) is 102 Å². The number of phenolic OH excluding ortho intramolecular Hbond substituents is 1. The van der Waals surface area contributed by atoms with Gasteiger partial charge in [0.15, 0.2) is 11.6 Å². The Bertz CT molecular complexity index is 882. The normalized spacial score (nSPS) is 11.7. The van der Waals surface area contributed by atoms with Crippen molar-refractivity contribution in [3.8, 4) is 22.6 Å². The van der Waals surface area contributed by atoms with Crippen molar-refractivity contribution in [2.45, 2.75) is 96.8 Å². The maximum Gasteiger partial charge on any atom is 0.165 e. The second-order valence-electron chi connectivity index (χ2n) is 9.12. The predicted octanol–water partition coefficient (Wildman–Crippen LogP) is 8.87. The van der Waals surface area contributed by atoms with Gasteiger partial charge >= 0.3 is 0 Å². The van der Waals surface area contributed by atoms with E-state index >= 15 is 0 Å². The topological polar surface area (TPSA) is 62.1 Å². The summed E-state index contributed by atoms with van der Waals surface area (Å²) in [6.45, 7) is 2.26. The maximum absolute atomic E-state index is 14.1. The number of aromatic hydroxyl groups is 1. The van der Waals surface area contributed by atoms with Gasteiger partial charge in [-0.1, -0.05) is 101 Å². The van der Waals surface area contributed by atoms with Crippen LogP contribution in [0.2, 0.25) is 0 Å². The zero-order chi connectivity index (χ0) is 24.6. The molecule has 2 aromatic rings. The van der Waals surface area contributed by atoms with Gasteiger partial charge in [0, 0.05) is 5.56 Å². The van der Waals surface area contributed by atoms with Gasteiger partial charge in [0.1, 0.15) is 5.75 Å². The quantitative estimate of drug-likeness (QED) is 0.105. The van der Waals surface area contributed by atoms with Crippen LogP contribution in [0.25, 0.3) is 11.1 Å². The zero-order valence-corrected chi connectivity index (χ0v) is 21.0. The van der Waals surface area contributed by atoms with E-state index in [4.69, 9.17) is 4.74 Å². The Kier molecular flexibility index (Phi) is 13.1. The molecular formula is C29H42FNO3. The van der Waals surface area contributed by atoms with E-state index in [2.05, 4.69) is 12.1 Å². The Hall–Kier alpha value is -2.56. The molecule has 0 unspecified atom stereocenters. The largest absolute Gasteiger partial charge is 0.507 e. The van der Waals surface area contributed by atoms with Crippen LogP contribution in [0.5, 0.6) is 11.5 Å². The first-order chi connectivity index (χ1) is 16.6. The van der Waals surface area contributed by atoms with E-state index in [1.807, 2.05) is 0 Å². The first kappa shape index (κ1) is 27.7.